The van der Waals surface area contributed by atoms with Gasteiger partial charge in [0.25, 0.3) is 0 Å². The van der Waals surface area contributed by atoms with Crippen molar-refractivity contribution >= 4 is 17.1 Å². The molecule has 2 unspecified atom stereocenters. The Morgan fingerprint density at radius 2 is 2.14 bits per heavy atom. The molecule has 1 aliphatic carbocycles. The van der Waals surface area contributed by atoms with Gasteiger partial charge in [-0.25, -0.2) is 0 Å². The highest BCUT2D eigenvalue weighted by atomic mass is 32.1. The van der Waals surface area contributed by atoms with Crippen molar-refractivity contribution in [2.24, 2.45) is 5.92 Å². The normalized spacial score (nSPS) is 28.8. The molecule has 0 amide bonds. The predicted octanol–water partition coefficient (Wildman–Crippen LogP) is 3.61. The van der Waals surface area contributed by atoms with Crippen molar-refractivity contribution < 1.29 is 4.79 Å². The van der Waals surface area contributed by atoms with Crippen molar-refractivity contribution in [3.05, 3.63) is 22.4 Å². The van der Waals surface area contributed by atoms with E-state index in [1.165, 1.54) is 17.7 Å². The topological polar surface area (TPSA) is 17.1 Å². The molecule has 1 nitrogen and oxygen atoms in total. The van der Waals surface area contributed by atoms with Gasteiger partial charge in [-0.2, -0.15) is 0 Å². The Morgan fingerprint density at radius 1 is 1.36 bits per heavy atom. The van der Waals surface area contributed by atoms with E-state index in [9.17, 15) is 4.79 Å². The van der Waals surface area contributed by atoms with Crippen molar-refractivity contribution in [3.63, 3.8) is 0 Å². The molecule has 1 aromatic heterocycles. The molecule has 0 aliphatic heterocycles. The van der Waals surface area contributed by atoms with E-state index >= 15 is 0 Å². The average Bonchev–Trinajstić information content (AvgIpc) is 2.64. The average molecular weight is 208 g/mol. The highest BCUT2D eigenvalue weighted by Crippen LogP contribution is 2.33. The van der Waals surface area contributed by atoms with Gasteiger partial charge in [0, 0.05) is 10.8 Å². The minimum absolute atomic E-state index is 0.201. The minimum atomic E-state index is 0.201. The summed E-state index contributed by atoms with van der Waals surface area (Å²) in [6.45, 7) is 2.08. The lowest BCUT2D eigenvalue weighted by Gasteiger charge is -2.13. The van der Waals surface area contributed by atoms with Crippen LogP contribution in [-0.4, -0.2) is 5.78 Å². The van der Waals surface area contributed by atoms with Gasteiger partial charge in [-0.3, -0.25) is 4.79 Å². The lowest BCUT2D eigenvalue weighted by atomic mass is 9.92. The Kier molecular flexibility index (Phi) is 3.02. The summed E-state index contributed by atoms with van der Waals surface area (Å²) in [5.41, 5.74) is 0. The van der Waals surface area contributed by atoms with Crippen LogP contribution in [0.4, 0.5) is 0 Å². The van der Waals surface area contributed by atoms with Crippen LogP contribution in [0.2, 0.25) is 0 Å². The Morgan fingerprint density at radius 3 is 2.86 bits per heavy atom. The van der Waals surface area contributed by atoms with Gasteiger partial charge < -0.3 is 0 Å². The van der Waals surface area contributed by atoms with Crippen LogP contribution in [0.1, 0.15) is 43.4 Å². The number of rotatable bonds is 1. The molecule has 0 aromatic carbocycles. The van der Waals surface area contributed by atoms with Gasteiger partial charge in [0.1, 0.15) is 5.78 Å². The molecule has 76 valence electrons. The van der Waals surface area contributed by atoms with Gasteiger partial charge in [-0.15, -0.1) is 11.3 Å². The van der Waals surface area contributed by atoms with Gasteiger partial charge in [0.2, 0.25) is 0 Å². The number of Topliss-reactive ketones (excluding diaryl/α,β-unsaturated/α-hetero) is 1. The van der Waals surface area contributed by atoms with Crippen LogP contribution in [0.5, 0.6) is 0 Å². The molecule has 0 N–H and O–H groups in total. The molecular weight excluding hydrogens is 192 g/mol. The first-order chi connectivity index (χ1) is 6.79. The van der Waals surface area contributed by atoms with Crippen LogP contribution in [0.25, 0.3) is 0 Å². The molecule has 0 spiro atoms. The first kappa shape index (κ1) is 9.91. The third-order valence-electron chi connectivity index (χ3n) is 3.10. The minimum Gasteiger partial charge on any atom is -0.299 e. The fourth-order valence-electron chi connectivity index (χ4n) is 2.20. The monoisotopic (exact) mass is 208 g/mol. The molecule has 0 bridgehead atoms. The number of thiophene rings is 1. The molecule has 1 fully saturated rings. The van der Waals surface area contributed by atoms with Crippen molar-refractivity contribution in [1.29, 1.82) is 0 Å². The zero-order chi connectivity index (χ0) is 9.97. The molecule has 2 rings (SSSR count). The molecular formula is C12H16OS. The summed E-state index contributed by atoms with van der Waals surface area (Å²) in [7, 11) is 0. The van der Waals surface area contributed by atoms with Crippen LogP contribution in [-0.2, 0) is 4.79 Å². The predicted molar refractivity (Wildman–Crippen MR) is 59.7 cm³/mol. The maximum absolute atomic E-state index is 12.1. The van der Waals surface area contributed by atoms with E-state index in [2.05, 4.69) is 18.4 Å². The molecule has 1 saturated carbocycles. The molecule has 2 heteroatoms. The molecule has 1 aliphatic rings. The SMILES string of the molecule is CC1CCCCC(c2cccs2)C1=O. The first-order valence-electron chi connectivity index (χ1n) is 5.36. The number of carbonyl (C=O) groups is 1. The van der Waals surface area contributed by atoms with E-state index in [-0.39, 0.29) is 11.8 Å². The summed E-state index contributed by atoms with van der Waals surface area (Å²) in [6, 6.07) is 4.15. The Labute approximate surface area is 89.1 Å². The van der Waals surface area contributed by atoms with Crippen LogP contribution in [0.15, 0.2) is 17.5 Å². The smallest absolute Gasteiger partial charge is 0.143 e. The highest BCUT2D eigenvalue weighted by molar-refractivity contribution is 7.10. The first-order valence-corrected chi connectivity index (χ1v) is 6.24. The van der Waals surface area contributed by atoms with Crippen molar-refractivity contribution in [2.75, 3.05) is 0 Å². The number of hydrogen-bond donors (Lipinski definition) is 0. The summed E-state index contributed by atoms with van der Waals surface area (Å²) in [5, 5.41) is 2.07. The third kappa shape index (κ3) is 1.90. The summed E-state index contributed by atoms with van der Waals surface area (Å²) in [4.78, 5) is 13.3. The van der Waals surface area contributed by atoms with E-state index in [1.807, 2.05) is 6.07 Å². The molecule has 1 aromatic rings. The molecule has 1 heterocycles. The molecule has 14 heavy (non-hydrogen) atoms. The molecule has 0 radical (unpaired) electrons. The summed E-state index contributed by atoms with van der Waals surface area (Å²) < 4.78 is 0. The standard InChI is InChI=1S/C12H16OS/c1-9-5-2-3-6-10(12(9)13)11-7-4-8-14-11/h4,7-10H,2-3,5-6H2,1H3. The Balaban J connectivity index is 2.20. The van der Waals surface area contributed by atoms with Crippen molar-refractivity contribution in [3.8, 4) is 0 Å². The Bertz CT molecular complexity index is 302. The maximum atomic E-state index is 12.1. The van der Waals surface area contributed by atoms with E-state index < -0.39 is 0 Å². The fraction of sp³-hybridized carbons (Fsp3) is 0.583. The zero-order valence-corrected chi connectivity index (χ0v) is 9.35. The second-order valence-electron chi connectivity index (χ2n) is 4.16. The summed E-state index contributed by atoms with van der Waals surface area (Å²) in [6.07, 6.45) is 4.57. The fourth-order valence-corrected chi connectivity index (χ4v) is 3.07. The van der Waals surface area contributed by atoms with E-state index in [0.717, 1.165) is 12.8 Å². The number of carbonyl (C=O) groups excluding carboxylic acids is 1. The van der Waals surface area contributed by atoms with Crippen LogP contribution < -0.4 is 0 Å². The molecule has 2 atom stereocenters. The quantitative estimate of drug-likeness (QED) is 0.644. The number of ketones is 1. The highest BCUT2D eigenvalue weighted by Gasteiger charge is 2.27. The van der Waals surface area contributed by atoms with Gasteiger partial charge in [-0.05, 0) is 24.3 Å². The summed E-state index contributed by atoms with van der Waals surface area (Å²) in [5.74, 6) is 0.932. The maximum Gasteiger partial charge on any atom is 0.143 e. The lowest BCUT2D eigenvalue weighted by molar-refractivity contribution is -0.123. The van der Waals surface area contributed by atoms with Crippen LogP contribution in [0.3, 0.4) is 0 Å². The van der Waals surface area contributed by atoms with E-state index in [0.29, 0.717) is 5.78 Å². The third-order valence-corrected chi connectivity index (χ3v) is 4.08. The van der Waals surface area contributed by atoms with Gasteiger partial charge in [0.15, 0.2) is 0 Å². The van der Waals surface area contributed by atoms with E-state index in [4.69, 9.17) is 0 Å². The zero-order valence-electron chi connectivity index (χ0n) is 8.53. The second kappa shape index (κ2) is 4.26. The number of hydrogen-bond acceptors (Lipinski definition) is 2. The van der Waals surface area contributed by atoms with E-state index in [1.54, 1.807) is 11.3 Å². The van der Waals surface area contributed by atoms with Gasteiger partial charge in [-0.1, -0.05) is 25.8 Å². The van der Waals surface area contributed by atoms with Crippen LogP contribution in [0, 0.1) is 5.92 Å². The van der Waals surface area contributed by atoms with Gasteiger partial charge >= 0.3 is 0 Å². The van der Waals surface area contributed by atoms with Crippen molar-refractivity contribution in [1.82, 2.24) is 0 Å². The summed E-state index contributed by atoms with van der Waals surface area (Å²) >= 11 is 1.72. The van der Waals surface area contributed by atoms with Crippen LogP contribution >= 0.6 is 11.3 Å². The molecule has 0 saturated heterocycles. The van der Waals surface area contributed by atoms with Crippen molar-refractivity contribution in [2.45, 2.75) is 38.5 Å². The largest absolute Gasteiger partial charge is 0.299 e. The second-order valence-corrected chi connectivity index (χ2v) is 5.14. The lowest BCUT2D eigenvalue weighted by Crippen LogP contribution is -2.16. The Hall–Kier alpha value is -0.630. The van der Waals surface area contributed by atoms with Gasteiger partial charge in [0.05, 0.1) is 5.92 Å².